The summed E-state index contributed by atoms with van der Waals surface area (Å²) < 4.78 is 17.7. The number of ketones is 1. The summed E-state index contributed by atoms with van der Waals surface area (Å²) in [6.07, 6.45) is 10.2. The molecule has 6 rings (SSSR count). The number of nitrogens with zero attached hydrogens (tertiary/aromatic N) is 2. The summed E-state index contributed by atoms with van der Waals surface area (Å²) in [6, 6.07) is 8.30. The highest BCUT2D eigenvalue weighted by Gasteiger charge is 2.59. The van der Waals surface area contributed by atoms with E-state index in [4.69, 9.17) is 0 Å². The van der Waals surface area contributed by atoms with Crippen LogP contribution in [0.5, 0.6) is 0 Å². The first-order valence-corrected chi connectivity index (χ1v) is 11.4. The molecule has 0 amide bonds. The molecule has 0 radical (unpaired) electrons. The van der Waals surface area contributed by atoms with Gasteiger partial charge in [-0.15, -0.1) is 0 Å². The van der Waals surface area contributed by atoms with Crippen molar-refractivity contribution in [3.63, 3.8) is 0 Å². The van der Waals surface area contributed by atoms with E-state index >= 15 is 4.39 Å². The van der Waals surface area contributed by atoms with Crippen molar-refractivity contribution in [1.29, 1.82) is 0 Å². The Balaban J connectivity index is 1.38. The van der Waals surface area contributed by atoms with Gasteiger partial charge in [0.1, 0.15) is 12.5 Å². The molecule has 2 aromatic rings. The molecule has 0 bridgehead atoms. The molecule has 0 saturated heterocycles. The minimum atomic E-state index is -0.971. The highest BCUT2D eigenvalue weighted by Crippen LogP contribution is 2.66. The summed E-state index contributed by atoms with van der Waals surface area (Å²) in [5.41, 5.74) is 4.22. The van der Waals surface area contributed by atoms with Gasteiger partial charge < -0.3 is 4.57 Å². The number of benzene rings is 1. The number of carbonyl (C=O) groups is 1. The first kappa shape index (κ1) is 18.5. The lowest BCUT2D eigenvalue weighted by Gasteiger charge is -2.58. The number of fused-ring (bicyclic) bond motifs is 6. The predicted molar refractivity (Wildman–Crippen MR) is 116 cm³/mol. The van der Waals surface area contributed by atoms with Gasteiger partial charge in [-0.2, -0.15) is 0 Å². The molecule has 4 aliphatic carbocycles. The van der Waals surface area contributed by atoms with E-state index < -0.39 is 6.17 Å². The number of halogens is 1. The van der Waals surface area contributed by atoms with Gasteiger partial charge in [-0.1, -0.05) is 32.1 Å². The minimum Gasteiger partial charge on any atom is -0.302 e. The van der Waals surface area contributed by atoms with E-state index in [9.17, 15) is 4.79 Å². The number of imidazole rings is 1. The molecule has 2 fully saturated rings. The highest BCUT2D eigenvalue weighted by atomic mass is 19.1. The lowest BCUT2D eigenvalue weighted by molar-refractivity contribution is -0.117. The number of hydrogen-bond acceptors (Lipinski definition) is 2. The van der Waals surface area contributed by atoms with Crippen LogP contribution in [-0.4, -0.2) is 21.5 Å². The Morgan fingerprint density at radius 3 is 2.83 bits per heavy atom. The Kier molecular flexibility index (Phi) is 3.80. The summed E-state index contributed by atoms with van der Waals surface area (Å²) in [6.45, 7) is 4.64. The highest BCUT2D eigenvalue weighted by molar-refractivity contribution is 5.92. The number of alkyl halides is 1. The van der Waals surface area contributed by atoms with Crippen LogP contribution in [0, 0.1) is 28.6 Å². The van der Waals surface area contributed by atoms with Crippen LogP contribution < -0.4 is 0 Å². The van der Waals surface area contributed by atoms with Crippen LogP contribution in [0.15, 0.2) is 48.3 Å². The molecule has 6 atom stereocenters. The summed E-state index contributed by atoms with van der Waals surface area (Å²) in [7, 11) is 0. The van der Waals surface area contributed by atoms with Gasteiger partial charge in [0, 0.05) is 17.5 Å². The fraction of sp³-hybridized carbons (Fsp3) is 0.538. The minimum absolute atomic E-state index is 0.0480. The van der Waals surface area contributed by atoms with Crippen LogP contribution in [0.1, 0.15) is 52.4 Å². The SMILES string of the molecule is C[C@]12CCC(=O)C=C1C(F)C[C@@H]1[C@@H]2CC[C@]2(C)C(n3cnc4ccccc43)=CC[C@@H]12. The lowest BCUT2D eigenvalue weighted by Crippen LogP contribution is -2.52. The molecule has 30 heavy (non-hydrogen) atoms. The second-order valence-electron chi connectivity index (χ2n) is 10.4. The molecule has 4 aliphatic rings. The maximum atomic E-state index is 15.4. The first-order valence-electron chi connectivity index (χ1n) is 11.4. The van der Waals surface area contributed by atoms with Crippen molar-refractivity contribution in [2.75, 3.05) is 0 Å². The zero-order valence-electron chi connectivity index (χ0n) is 17.8. The summed E-state index contributed by atoms with van der Waals surface area (Å²) >= 11 is 0. The first-order chi connectivity index (χ1) is 14.4. The number of hydrogen-bond donors (Lipinski definition) is 0. The van der Waals surface area contributed by atoms with Crippen LogP contribution in [0.25, 0.3) is 16.7 Å². The van der Waals surface area contributed by atoms with Crippen molar-refractivity contribution in [1.82, 2.24) is 9.55 Å². The summed E-state index contributed by atoms with van der Waals surface area (Å²) in [5, 5.41) is 0. The standard InChI is InChI=1S/C26H29FN2O/c1-25-11-9-16(30)13-20(25)21(27)14-17-18-7-8-24(26(18,2)12-10-19(17)25)29-15-28-22-5-3-4-6-23(22)29/h3-6,8,13,15,17-19,21H,7,9-12,14H2,1-2H3/t17-,18-,19-,21?,25+,26-/m0/s1. The number of aromatic nitrogens is 2. The van der Waals surface area contributed by atoms with E-state index in [0.29, 0.717) is 30.6 Å². The molecule has 3 nitrogen and oxygen atoms in total. The van der Waals surface area contributed by atoms with E-state index in [1.807, 2.05) is 12.4 Å². The molecule has 4 heteroatoms. The molecule has 1 heterocycles. The third-order valence-corrected chi connectivity index (χ3v) is 9.19. The molecule has 1 unspecified atom stereocenters. The van der Waals surface area contributed by atoms with E-state index in [1.54, 1.807) is 6.08 Å². The molecule has 1 aromatic heterocycles. The summed E-state index contributed by atoms with van der Waals surface area (Å²) in [5.74, 6) is 1.43. The van der Waals surface area contributed by atoms with Gasteiger partial charge in [0.25, 0.3) is 0 Å². The molecule has 2 saturated carbocycles. The average molecular weight is 405 g/mol. The van der Waals surface area contributed by atoms with Gasteiger partial charge in [0.2, 0.25) is 0 Å². The third kappa shape index (κ3) is 2.31. The second kappa shape index (κ2) is 6.15. The van der Waals surface area contributed by atoms with Gasteiger partial charge >= 0.3 is 0 Å². The zero-order chi connectivity index (χ0) is 20.7. The summed E-state index contributed by atoms with van der Waals surface area (Å²) in [4.78, 5) is 16.6. The monoisotopic (exact) mass is 404 g/mol. The molecule has 0 spiro atoms. The smallest absolute Gasteiger partial charge is 0.155 e. The average Bonchev–Trinajstić information content (AvgIpc) is 3.30. The molecular formula is C26H29FN2O. The van der Waals surface area contributed by atoms with E-state index in [-0.39, 0.29) is 16.6 Å². The van der Waals surface area contributed by atoms with Gasteiger partial charge in [0.05, 0.1) is 11.0 Å². The van der Waals surface area contributed by atoms with Crippen molar-refractivity contribution in [3.8, 4) is 0 Å². The molecule has 1 aromatic carbocycles. The number of carbonyl (C=O) groups excluding carboxylic acids is 1. The van der Waals surface area contributed by atoms with E-state index in [1.165, 1.54) is 5.70 Å². The molecule has 156 valence electrons. The van der Waals surface area contributed by atoms with Crippen molar-refractivity contribution in [2.45, 2.75) is 58.5 Å². The Morgan fingerprint density at radius 1 is 1.13 bits per heavy atom. The quantitative estimate of drug-likeness (QED) is 0.587. The maximum absolute atomic E-state index is 15.4. The predicted octanol–water partition coefficient (Wildman–Crippen LogP) is 5.97. The Bertz CT molecular complexity index is 1110. The lowest BCUT2D eigenvalue weighted by atomic mass is 9.47. The van der Waals surface area contributed by atoms with Crippen molar-refractivity contribution in [3.05, 3.63) is 48.3 Å². The van der Waals surface area contributed by atoms with E-state index in [2.05, 4.69) is 47.7 Å². The van der Waals surface area contributed by atoms with Crippen LogP contribution in [0.2, 0.25) is 0 Å². The van der Waals surface area contributed by atoms with Gasteiger partial charge in [-0.3, -0.25) is 4.79 Å². The number of allylic oxidation sites excluding steroid dienone is 4. The van der Waals surface area contributed by atoms with Crippen molar-refractivity contribution < 1.29 is 9.18 Å². The number of para-hydroxylation sites is 2. The van der Waals surface area contributed by atoms with Gasteiger partial charge in [0.15, 0.2) is 5.78 Å². The third-order valence-electron chi connectivity index (χ3n) is 9.19. The largest absolute Gasteiger partial charge is 0.302 e. The normalized spacial score (nSPS) is 40.4. The fourth-order valence-electron chi connectivity index (χ4n) is 7.63. The van der Waals surface area contributed by atoms with Crippen LogP contribution >= 0.6 is 0 Å². The fourth-order valence-corrected chi connectivity index (χ4v) is 7.63. The number of rotatable bonds is 1. The van der Waals surface area contributed by atoms with E-state index in [0.717, 1.165) is 42.3 Å². The Morgan fingerprint density at radius 2 is 1.97 bits per heavy atom. The van der Waals surface area contributed by atoms with Crippen LogP contribution in [0.3, 0.4) is 0 Å². The van der Waals surface area contributed by atoms with Crippen molar-refractivity contribution in [2.24, 2.45) is 28.6 Å². The Hall–Kier alpha value is -2.23. The van der Waals surface area contributed by atoms with Crippen LogP contribution in [0.4, 0.5) is 4.39 Å². The van der Waals surface area contributed by atoms with Gasteiger partial charge in [-0.25, -0.2) is 9.37 Å². The topological polar surface area (TPSA) is 34.9 Å². The van der Waals surface area contributed by atoms with Crippen LogP contribution in [-0.2, 0) is 4.79 Å². The second-order valence-corrected chi connectivity index (χ2v) is 10.4. The Labute approximate surface area is 177 Å². The maximum Gasteiger partial charge on any atom is 0.155 e. The molecule has 0 N–H and O–H groups in total. The molecular weight excluding hydrogens is 375 g/mol. The zero-order valence-corrected chi connectivity index (χ0v) is 17.8. The molecule has 0 aliphatic heterocycles. The van der Waals surface area contributed by atoms with Gasteiger partial charge in [-0.05, 0) is 79.1 Å². The van der Waals surface area contributed by atoms with Crippen molar-refractivity contribution >= 4 is 22.5 Å².